The predicted octanol–water partition coefficient (Wildman–Crippen LogP) is 4.36. The second-order valence-electron chi connectivity index (χ2n) is 6.42. The smallest absolute Gasteiger partial charge is 0.167 e. The lowest BCUT2D eigenvalue weighted by Crippen LogP contribution is -2.39. The first kappa shape index (κ1) is 15.2. The molecule has 4 heteroatoms. The van der Waals surface area contributed by atoms with Gasteiger partial charge in [-0.25, -0.2) is 0 Å². The van der Waals surface area contributed by atoms with E-state index in [1.54, 1.807) is 7.11 Å². The van der Waals surface area contributed by atoms with Gasteiger partial charge in [-0.2, -0.15) is 0 Å². The van der Waals surface area contributed by atoms with Crippen molar-refractivity contribution in [3.63, 3.8) is 0 Å². The lowest BCUT2D eigenvalue weighted by molar-refractivity contribution is 0.250. The molecule has 0 aromatic heterocycles. The molecule has 0 bridgehead atoms. The van der Waals surface area contributed by atoms with Crippen molar-refractivity contribution in [3.05, 3.63) is 22.2 Å². The Labute approximate surface area is 135 Å². The summed E-state index contributed by atoms with van der Waals surface area (Å²) in [5, 5.41) is 0. The van der Waals surface area contributed by atoms with E-state index < -0.39 is 0 Å². The fourth-order valence-electron chi connectivity index (χ4n) is 3.23. The molecule has 1 aromatic carbocycles. The van der Waals surface area contributed by atoms with Crippen LogP contribution in [-0.2, 0) is 5.54 Å². The van der Waals surface area contributed by atoms with Crippen molar-refractivity contribution in [2.45, 2.75) is 50.5 Å². The number of nitrogens with two attached hydrogens (primary N) is 1. The van der Waals surface area contributed by atoms with Crippen LogP contribution in [0.3, 0.4) is 0 Å². The largest absolute Gasteiger partial charge is 0.493 e. The van der Waals surface area contributed by atoms with Gasteiger partial charge in [-0.15, -0.1) is 0 Å². The van der Waals surface area contributed by atoms with Gasteiger partial charge in [-0.3, -0.25) is 0 Å². The monoisotopic (exact) mass is 353 g/mol. The molecule has 0 spiro atoms. The van der Waals surface area contributed by atoms with Crippen LogP contribution in [0.1, 0.15) is 50.5 Å². The van der Waals surface area contributed by atoms with E-state index in [9.17, 15) is 0 Å². The van der Waals surface area contributed by atoms with Crippen molar-refractivity contribution in [3.8, 4) is 11.5 Å². The van der Waals surface area contributed by atoms with Gasteiger partial charge in [0.15, 0.2) is 11.5 Å². The van der Waals surface area contributed by atoms with E-state index in [2.05, 4.69) is 15.9 Å². The van der Waals surface area contributed by atoms with E-state index in [1.807, 2.05) is 12.1 Å². The summed E-state index contributed by atoms with van der Waals surface area (Å²) in [6, 6.07) is 3.99. The zero-order valence-electron chi connectivity index (χ0n) is 12.7. The highest BCUT2D eigenvalue weighted by molar-refractivity contribution is 9.10. The first-order chi connectivity index (χ1) is 10.1. The molecule has 1 aromatic rings. The molecule has 2 N–H and O–H groups in total. The van der Waals surface area contributed by atoms with Gasteiger partial charge in [0.25, 0.3) is 0 Å². The Morgan fingerprint density at radius 3 is 2.57 bits per heavy atom. The van der Waals surface area contributed by atoms with E-state index in [0.29, 0.717) is 5.92 Å². The first-order valence-corrected chi connectivity index (χ1v) is 8.72. The summed E-state index contributed by atoms with van der Waals surface area (Å²) >= 11 is 3.69. The lowest BCUT2D eigenvalue weighted by Gasteiger charge is -2.36. The molecule has 0 amide bonds. The van der Waals surface area contributed by atoms with Gasteiger partial charge in [-0.1, -0.05) is 35.2 Å². The van der Waals surface area contributed by atoms with Crippen LogP contribution in [0.5, 0.6) is 11.5 Å². The number of hydrogen-bond acceptors (Lipinski definition) is 3. The Morgan fingerprint density at radius 2 is 1.95 bits per heavy atom. The third kappa shape index (κ3) is 3.21. The number of benzene rings is 1. The molecular formula is C17H24BrNO2. The zero-order chi connectivity index (χ0) is 14.9. The molecule has 0 atom stereocenters. The summed E-state index contributed by atoms with van der Waals surface area (Å²) in [6.07, 6.45) is 8.22. The van der Waals surface area contributed by atoms with Gasteiger partial charge in [0.1, 0.15) is 0 Å². The van der Waals surface area contributed by atoms with Gasteiger partial charge >= 0.3 is 0 Å². The van der Waals surface area contributed by atoms with Crippen LogP contribution in [0, 0.1) is 5.92 Å². The number of hydrogen-bond donors (Lipinski definition) is 1. The fraction of sp³-hybridized carbons (Fsp3) is 0.647. The van der Waals surface area contributed by atoms with Crippen LogP contribution in [0.15, 0.2) is 16.6 Å². The van der Waals surface area contributed by atoms with Crippen LogP contribution in [0.2, 0.25) is 0 Å². The van der Waals surface area contributed by atoms with Crippen molar-refractivity contribution in [1.29, 1.82) is 0 Å². The maximum absolute atomic E-state index is 6.76. The normalized spacial score (nSPS) is 21.1. The maximum atomic E-state index is 6.76. The Hall–Kier alpha value is -0.740. The van der Waals surface area contributed by atoms with E-state index >= 15 is 0 Å². The molecule has 2 saturated carbocycles. The van der Waals surface area contributed by atoms with Gasteiger partial charge < -0.3 is 15.2 Å². The second kappa shape index (κ2) is 6.17. The van der Waals surface area contributed by atoms with Crippen molar-refractivity contribution in [2.24, 2.45) is 11.7 Å². The maximum Gasteiger partial charge on any atom is 0.167 e. The Bertz CT molecular complexity index is 508. The van der Waals surface area contributed by atoms with Gasteiger partial charge in [0.2, 0.25) is 0 Å². The number of rotatable bonds is 5. The van der Waals surface area contributed by atoms with E-state index in [1.165, 1.54) is 32.1 Å². The van der Waals surface area contributed by atoms with Crippen LogP contribution < -0.4 is 15.2 Å². The molecule has 3 nitrogen and oxygen atoms in total. The standard InChI is InChI=1S/C17H24BrNO2/c1-20-14-8-7-13(18)15(16(14)21-11-12-5-6-12)17(19)9-3-2-4-10-17/h7-8,12H,2-6,9-11,19H2,1H3. The Kier molecular flexibility index (Phi) is 4.46. The highest BCUT2D eigenvalue weighted by Gasteiger charge is 2.36. The van der Waals surface area contributed by atoms with Gasteiger partial charge in [0, 0.05) is 15.6 Å². The zero-order valence-corrected chi connectivity index (χ0v) is 14.2. The summed E-state index contributed by atoms with van der Waals surface area (Å²) in [6.45, 7) is 0.774. The highest BCUT2D eigenvalue weighted by Crippen LogP contribution is 2.47. The van der Waals surface area contributed by atoms with Crippen LogP contribution >= 0.6 is 15.9 Å². The minimum atomic E-state index is -0.301. The predicted molar refractivity (Wildman–Crippen MR) is 87.9 cm³/mol. The van der Waals surface area contributed by atoms with Crippen molar-refractivity contribution in [1.82, 2.24) is 0 Å². The molecular weight excluding hydrogens is 330 g/mol. The van der Waals surface area contributed by atoms with Crippen LogP contribution in [0.25, 0.3) is 0 Å². The number of ether oxygens (including phenoxy) is 2. The summed E-state index contributed by atoms with van der Waals surface area (Å²) in [5.41, 5.74) is 7.56. The summed E-state index contributed by atoms with van der Waals surface area (Å²) in [4.78, 5) is 0. The minimum Gasteiger partial charge on any atom is -0.493 e. The van der Waals surface area contributed by atoms with Crippen molar-refractivity contribution < 1.29 is 9.47 Å². The SMILES string of the molecule is COc1ccc(Br)c(C2(N)CCCCC2)c1OCC1CC1. The van der Waals surface area contributed by atoms with Crippen molar-refractivity contribution in [2.75, 3.05) is 13.7 Å². The first-order valence-electron chi connectivity index (χ1n) is 7.93. The molecule has 21 heavy (non-hydrogen) atoms. The minimum absolute atomic E-state index is 0.301. The Morgan fingerprint density at radius 1 is 1.24 bits per heavy atom. The fourth-order valence-corrected chi connectivity index (χ4v) is 3.93. The average molecular weight is 354 g/mol. The Balaban J connectivity index is 1.98. The van der Waals surface area contributed by atoms with Crippen LogP contribution in [0.4, 0.5) is 0 Å². The van der Waals surface area contributed by atoms with Crippen molar-refractivity contribution >= 4 is 15.9 Å². The van der Waals surface area contributed by atoms with E-state index in [-0.39, 0.29) is 5.54 Å². The molecule has 0 radical (unpaired) electrons. The lowest BCUT2D eigenvalue weighted by atomic mass is 9.77. The molecule has 0 aliphatic heterocycles. The molecule has 0 heterocycles. The molecule has 0 saturated heterocycles. The summed E-state index contributed by atoms with van der Waals surface area (Å²) < 4.78 is 12.7. The topological polar surface area (TPSA) is 44.5 Å². The van der Waals surface area contributed by atoms with Gasteiger partial charge in [0.05, 0.1) is 13.7 Å². The third-order valence-corrected chi connectivity index (χ3v) is 5.36. The molecule has 116 valence electrons. The van der Waals surface area contributed by atoms with Gasteiger partial charge in [-0.05, 0) is 43.7 Å². The number of halogens is 1. The average Bonchev–Trinajstić information content (AvgIpc) is 3.30. The van der Waals surface area contributed by atoms with E-state index in [4.69, 9.17) is 15.2 Å². The molecule has 2 aliphatic rings. The quantitative estimate of drug-likeness (QED) is 0.854. The molecule has 2 aliphatic carbocycles. The third-order valence-electron chi connectivity index (χ3n) is 4.69. The number of methoxy groups -OCH3 is 1. The highest BCUT2D eigenvalue weighted by atomic mass is 79.9. The molecule has 3 rings (SSSR count). The molecule has 0 unspecified atom stereocenters. The van der Waals surface area contributed by atoms with E-state index in [0.717, 1.165) is 41.0 Å². The molecule has 2 fully saturated rings. The second-order valence-corrected chi connectivity index (χ2v) is 7.28. The summed E-state index contributed by atoms with van der Waals surface area (Å²) in [7, 11) is 1.70. The van der Waals surface area contributed by atoms with Crippen LogP contribution in [-0.4, -0.2) is 13.7 Å². The summed E-state index contributed by atoms with van der Waals surface area (Å²) in [5.74, 6) is 2.36.